The number of sulfonamides is 1. The van der Waals surface area contributed by atoms with E-state index < -0.39 is 34.3 Å². The standard InChI is InChI=1S/C24H32FN3O4S/c1-17(2)14-26-24(30)19(4)27(15-20-11-9-18(3)10-12-20)23(29)16-28(33(5,31)32)22-8-6-7-21(25)13-22/h6-13,17,19H,14-16H2,1-5H3,(H,26,30)/t19-/m1/s1. The summed E-state index contributed by atoms with van der Waals surface area (Å²) in [6, 6.07) is 11.7. The van der Waals surface area contributed by atoms with Crippen molar-refractivity contribution in [2.45, 2.75) is 40.3 Å². The highest BCUT2D eigenvalue weighted by Crippen LogP contribution is 2.20. The van der Waals surface area contributed by atoms with E-state index in [-0.39, 0.29) is 24.1 Å². The zero-order valence-electron chi connectivity index (χ0n) is 19.7. The molecule has 33 heavy (non-hydrogen) atoms. The molecule has 0 unspecified atom stereocenters. The molecule has 0 fully saturated rings. The zero-order valence-corrected chi connectivity index (χ0v) is 20.5. The van der Waals surface area contributed by atoms with Crippen molar-refractivity contribution in [3.05, 3.63) is 65.5 Å². The summed E-state index contributed by atoms with van der Waals surface area (Å²) in [5.74, 6) is -1.29. The van der Waals surface area contributed by atoms with E-state index in [2.05, 4.69) is 5.32 Å². The van der Waals surface area contributed by atoms with E-state index in [4.69, 9.17) is 0 Å². The van der Waals surface area contributed by atoms with Crippen LogP contribution in [0.4, 0.5) is 10.1 Å². The molecule has 0 aliphatic rings. The molecule has 0 aliphatic carbocycles. The van der Waals surface area contributed by atoms with E-state index in [1.165, 1.54) is 23.1 Å². The zero-order chi connectivity index (χ0) is 24.8. The SMILES string of the molecule is Cc1ccc(CN(C(=O)CN(c2cccc(F)c2)S(C)(=O)=O)[C@H](C)C(=O)NCC(C)C)cc1. The second-order valence-corrected chi connectivity index (χ2v) is 10.5. The summed E-state index contributed by atoms with van der Waals surface area (Å²) in [4.78, 5) is 27.5. The van der Waals surface area contributed by atoms with Gasteiger partial charge in [0.1, 0.15) is 18.4 Å². The van der Waals surface area contributed by atoms with Crippen molar-refractivity contribution in [3.63, 3.8) is 0 Å². The molecule has 9 heteroatoms. The maximum Gasteiger partial charge on any atom is 0.244 e. The number of anilines is 1. The lowest BCUT2D eigenvalue weighted by molar-refractivity contribution is -0.139. The Labute approximate surface area is 195 Å². The van der Waals surface area contributed by atoms with E-state index in [1.807, 2.05) is 45.0 Å². The lowest BCUT2D eigenvalue weighted by Gasteiger charge is -2.31. The Hall–Kier alpha value is -2.94. The van der Waals surface area contributed by atoms with Crippen LogP contribution in [0.2, 0.25) is 0 Å². The summed E-state index contributed by atoms with van der Waals surface area (Å²) in [6.45, 7) is 7.49. The minimum atomic E-state index is -3.89. The quantitative estimate of drug-likeness (QED) is 0.570. The molecule has 1 atom stereocenters. The second kappa shape index (κ2) is 11.3. The Morgan fingerprint density at radius 1 is 1.06 bits per heavy atom. The van der Waals surface area contributed by atoms with Crippen LogP contribution >= 0.6 is 0 Å². The number of hydrogen-bond donors (Lipinski definition) is 1. The van der Waals surface area contributed by atoms with Crippen molar-refractivity contribution >= 4 is 27.5 Å². The highest BCUT2D eigenvalue weighted by Gasteiger charge is 2.30. The second-order valence-electron chi connectivity index (χ2n) is 8.57. The maximum atomic E-state index is 13.7. The molecule has 7 nitrogen and oxygen atoms in total. The van der Waals surface area contributed by atoms with Crippen molar-refractivity contribution in [2.75, 3.05) is 23.7 Å². The molecule has 1 N–H and O–H groups in total. The van der Waals surface area contributed by atoms with E-state index in [1.54, 1.807) is 6.92 Å². The number of halogens is 1. The molecule has 0 aliphatic heterocycles. The van der Waals surface area contributed by atoms with Crippen molar-refractivity contribution in [3.8, 4) is 0 Å². The first-order valence-electron chi connectivity index (χ1n) is 10.7. The van der Waals surface area contributed by atoms with Gasteiger partial charge in [0.05, 0.1) is 11.9 Å². The van der Waals surface area contributed by atoms with Crippen molar-refractivity contribution < 1.29 is 22.4 Å². The Morgan fingerprint density at radius 3 is 2.24 bits per heavy atom. The van der Waals surface area contributed by atoms with Gasteiger partial charge in [-0.15, -0.1) is 0 Å². The van der Waals surface area contributed by atoms with Crippen LogP contribution in [0.3, 0.4) is 0 Å². The van der Waals surface area contributed by atoms with E-state index in [0.717, 1.165) is 27.8 Å². The predicted molar refractivity (Wildman–Crippen MR) is 128 cm³/mol. The third-order valence-electron chi connectivity index (χ3n) is 5.10. The third kappa shape index (κ3) is 7.85. The topological polar surface area (TPSA) is 86.8 Å². The van der Waals surface area contributed by atoms with Gasteiger partial charge in [-0.2, -0.15) is 0 Å². The first-order valence-corrected chi connectivity index (χ1v) is 12.6. The lowest BCUT2D eigenvalue weighted by Crippen LogP contribution is -2.51. The molecule has 2 rings (SSSR count). The minimum absolute atomic E-state index is 0.0399. The average molecular weight is 478 g/mol. The van der Waals surface area contributed by atoms with E-state index in [9.17, 15) is 22.4 Å². The fraction of sp³-hybridized carbons (Fsp3) is 0.417. The van der Waals surface area contributed by atoms with Gasteiger partial charge in [0.15, 0.2) is 0 Å². The summed E-state index contributed by atoms with van der Waals surface area (Å²) in [7, 11) is -3.89. The fourth-order valence-electron chi connectivity index (χ4n) is 3.17. The molecule has 0 aromatic heterocycles. The molecule has 2 aromatic rings. The maximum absolute atomic E-state index is 13.7. The highest BCUT2D eigenvalue weighted by molar-refractivity contribution is 7.92. The van der Waals surface area contributed by atoms with Crippen LogP contribution in [0.1, 0.15) is 31.9 Å². The number of hydrogen-bond acceptors (Lipinski definition) is 4. The van der Waals surface area contributed by atoms with Crippen LogP contribution in [0.25, 0.3) is 0 Å². The Bertz CT molecular complexity index is 1070. The molecular weight excluding hydrogens is 445 g/mol. The van der Waals surface area contributed by atoms with Gasteiger partial charge in [-0.25, -0.2) is 12.8 Å². The Morgan fingerprint density at radius 2 is 1.70 bits per heavy atom. The normalized spacial score (nSPS) is 12.3. The summed E-state index contributed by atoms with van der Waals surface area (Å²) >= 11 is 0. The molecule has 0 saturated heterocycles. The van der Waals surface area contributed by atoms with Gasteiger partial charge >= 0.3 is 0 Å². The Kier molecular flexibility index (Phi) is 8.99. The molecule has 0 heterocycles. The van der Waals surface area contributed by atoms with Gasteiger partial charge in [-0.1, -0.05) is 49.7 Å². The van der Waals surface area contributed by atoms with Crippen LogP contribution in [0, 0.1) is 18.7 Å². The van der Waals surface area contributed by atoms with Crippen molar-refractivity contribution in [2.24, 2.45) is 5.92 Å². The molecule has 2 amide bonds. The van der Waals surface area contributed by atoms with E-state index >= 15 is 0 Å². The molecular formula is C24H32FN3O4S. The fourth-order valence-corrected chi connectivity index (χ4v) is 4.01. The van der Waals surface area contributed by atoms with Gasteiger partial charge in [-0.3, -0.25) is 13.9 Å². The first-order chi connectivity index (χ1) is 15.4. The first kappa shape index (κ1) is 26.3. The van der Waals surface area contributed by atoms with Crippen molar-refractivity contribution in [1.29, 1.82) is 0 Å². The van der Waals surface area contributed by atoms with Crippen LogP contribution in [0.15, 0.2) is 48.5 Å². The molecule has 2 aromatic carbocycles. The lowest BCUT2D eigenvalue weighted by atomic mass is 10.1. The summed E-state index contributed by atoms with van der Waals surface area (Å²) in [6.07, 6.45) is 0.953. The number of nitrogens with zero attached hydrogens (tertiary/aromatic N) is 2. The molecule has 0 radical (unpaired) electrons. The number of carbonyl (C=O) groups excluding carboxylic acids is 2. The predicted octanol–water partition coefficient (Wildman–Crippen LogP) is 3.09. The van der Waals surface area contributed by atoms with Gasteiger partial charge in [0, 0.05) is 13.1 Å². The molecule has 180 valence electrons. The number of benzene rings is 2. The summed E-state index contributed by atoms with van der Waals surface area (Å²) in [5, 5.41) is 2.82. The molecule has 0 saturated carbocycles. The smallest absolute Gasteiger partial charge is 0.244 e. The van der Waals surface area contributed by atoms with Crippen LogP contribution in [0.5, 0.6) is 0 Å². The van der Waals surface area contributed by atoms with Gasteiger partial charge in [0.25, 0.3) is 0 Å². The van der Waals surface area contributed by atoms with Gasteiger partial charge < -0.3 is 10.2 Å². The molecule has 0 bridgehead atoms. The Balaban J connectivity index is 2.35. The van der Waals surface area contributed by atoms with E-state index in [0.29, 0.717) is 6.54 Å². The number of amides is 2. The monoisotopic (exact) mass is 477 g/mol. The minimum Gasteiger partial charge on any atom is -0.354 e. The largest absolute Gasteiger partial charge is 0.354 e. The van der Waals surface area contributed by atoms with Gasteiger partial charge in [-0.05, 0) is 43.5 Å². The average Bonchev–Trinajstić information content (AvgIpc) is 2.73. The van der Waals surface area contributed by atoms with Gasteiger partial charge in [0.2, 0.25) is 21.8 Å². The van der Waals surface area contributed by atoms with Crippen LogP contribution in [-0.2, 0) is 26.2 Å². The summed E-state index contributed by atoms with van der Waals surface area (Å²) in [5.41, 5.74) is 1.89. The number of rotatable bonds is 10. The van der Waals surface area contributed by atoms with Crippen LogP contribution in [-0.4, -0.2) is 50.5 Å². The number of nitrogens with one attached hydrogen (secondary N) is 1. The third-order valence-corrected chi connectivity index (χ3v) is 6.24. The number of aryl methyl sites for hydroxylation is 1. The van der Waals surface area contributed by atoms with Crippen molar-refractivity contribution in [1.82, 2.24) is 10.2 Å². The highest BCUT2D eigenvalue weighted by atomic mass is 32.2. The number of carbonyl (C=O) groups is 2. The summed E-state index contributed by atoms with van der Waals surface area (Å²) < 4.78 is 39.5. The van der Waals surface area contributed by atoms with Crippen LogP contribution < -0.4 is 9.62 Å². The molecule has 0 spiro atoms.